The Balaban J connectivity index is 2.28. The van der Waals surface area contributed by atoms with Crippen molar-refractivity contribution in [3.8, 4) is 5.88 Å². The van der Waals surface area contributed by atoms with E-state index in [1.165, 1.54) is 14.1 Å². The van der Waals surface area contributed by atoms with Crippen LogP contribution in [0.4, 0.5) is 0 Å². The second-order valence-electron chi connectivity index (χ2n) is 4.05. The third kappa shape index (κ3) is 1.73. The molecule has 0 atom stereocenters. The molecule has 0 bridgehead atoms. The van der Waals surface area contributed by atoms with Gasteiger partial charge in [0.2, 0.25) is 0 Å². The van der Waals surface area contributed by atoms with Crippen LogP contribution >= 0.6 is 0 Å². The second-order valence-corrected chi connectivity index (χ2v) is 4.05. The van der Waals surface area contributed by atoms with Crippen LogP contribution in [0.5, 0.6) is 5.88 Å². The van der Waals surface area contributed by atoms with Gasteiger partial charge in [-0.3, -0.25) is 9.36 Å². The van der Waals surface area contributed by atoms with Crippen molar-refractivity contribution in [3.05, 3.63) is 20.8 Å². The predicted molar refractivity (Wildman–Crippen MR) is 56.3 cm³/mol. The van der Waals surface area contributed by atoms with E-state index in [4.69, 9.17) is 10.5 Å². The zero-order valence-electron chi connectivity index (χ0n) is 9.21. The van der Waals surface area contributed by atoms with Gasteiger partial charge in [-0.05, 0) is 12.8 Å². The van der Waals surface area contributed by atoms with Crippen LogP contribution in [-0.2, 0) is 14.1 Å². The van der Waals surface area contributed by atoms with Gasteiger partial charge in [0.1, 0.15) is 6.10 Å². The molecule has 0 saturated heterocycles. The van der Waals surface area contributed by atoms with E-state index in [0.29, 0.717) is 12.8 Å². The van der Waals surface area contributed by atoms with E-state index in [9.17, 15) is 9.59 Å². The molecule has 1 aromatic heterocycles. The number of hydrogen-bond acceptors (Lipinski definition) is 5. The Bertz CT molecular complexity index is 512. The molecule has 0 radical (unpaired) electrons. The summed E-state index contributed by atoms with van der Waals surface area (Å²) in [4.78, 5) is 23.0. The fourth-order valence-corrected chi connectivity index (χ4v) is 1.60. The van der Waals surface area contributed by atoms with Gasteiger partial charge in [0.25, 0.3) is 5.88 Å². The van der Waals surface area contributed by atoms with Crippen LogP contribution in [0, 0.1) is 0 Å². The topological polar surface area (TPSA) is 92.1 Å². The highest BCUT2D eigenvalue weighted by atomic mass is 16.5. The summed E-state index contributed by atoms with van der Waals surface area (Å²) in [5, 5.41) is 3.79. The van der Waals surface area contributed by atoms with Crippen LogP contribution in [0.25, 0.3) is 0 Å². The Kier molecular flexibility index (Phi) is 2.55. The van der Waals surface area contributed by atoms with Crippen LogP contribution in [0.2, 0.25) is 0 Å². The summed E-state index contributed by atoms with van der Waals surface area (Å²) in [5.74, 6) is -0.0403. The molecule has 88 valence electrons. The van der Waals surface area contributed by atoms with Crippen molar-refractivity contribution in [1.82, 2.24) is 14.3 Å². The Labute approximate surface area is 91.4 Å². The van der Waals surface area contributed by atoms with Crippen molar-refractivity contribution in [2.75, 3.05) is 0 Å². The predicted octanol–water partition coefficient (Wildman–Crippen LogP) is -1.65. The summed E-state index contributed by atoms with van der Waals surface area (Å²) in [5.41, 5.74) is 4.63. The summed E-state index contributed by atoms with van der Waals surface area (Å²) in [6.45, 7) is 0. The second kappa shape index (κ2) is 3.75. The summed E-state index contributed by atoms with van der Waals surface area (Å²) in [6, 6.07) is 0.140. The average Bonchev–Trinajstić information content (AvgIpc) is 2.20. The molecule has 0 unspecified atom stereocenters. The molecule has 1 aliphatic rings. The van der Waals surface area contributed by atoms with Gasteiger partial charge in [-0.25, -0.2) is 9.48 Å². The molecular weight excluding hydrogens is 212 g/mol. The van der Waals surface area contributed by atoms with E-state index in [1.807, 2.05) is 0 Å². The van der Waals surface area contributed by atoms with E-state index in [1.54, 1.807) is 0 Å². The highest BCUT2D eigenvalue weighted by molar-refractivity contribution is 5.03. The van der Waals surface area contributed by atoms with Crippen LogP contribution in [0.1, 0.15) is 12.8 Å². The normalized spacial score (nSPS) is 23.9. The van der Waals surface area contributed by atoms with E-state index in [2.05, 4.69) is 5.10 Å². The third-order valence-electron chi connectivity index (χ3n) is 2.70. The summed E-state index contributed by atoms with van der Waals surface area (Å²) in [6.07, 6.45) is 1.37. The zero-order chi connectivity index (χ0) is 11.9. The minimum Gasteiger partial charge on any atom is -0.469 e. The lowest BCUT2D eigenvalue weighted by Gasteiger charge is -2.31. The lowest BCUT2D eigenvalue weighted by Crippen LogP contribution is -2.46. The summed E-state index contributed by atoms with van der Waals surface area (Å²) >= 11 is 0. The van der Waals surface area contributed by atoms with E-state index < -0.39 is 11.2 Å². The number of aromatic nitrogens is 3. The molecule has 1 heterocycles. The van der Waals surface area contributed by atoms with Gasteiger partial charge in [-0.15, -0.1) is 5.10 Å². The number of ether oxygens (including phenoxy) is 1. The summed E-state index contributed by atoms with van der Waals surface area (Å²) in [7, 11) is 2.87. The molecule has 0 amide bonds. The van der Waals surface area contributed by atoms with Gasteiger partial charge < -0.3 is 10.5 Å². The van der Waals surface area contributed by atoms with Crippen molar-refractivity contribution in [3.63, 3.8) is 0 Å². The Hall–Kier alpha value is -1.63. The van der Waals surface area contributed by atoms with Crippen molar-refractivity contribution < 1.29 is 4.74 Å². The first-order chi connectivity index (χ1) is 7.49. The van der Waals surface area contributed by atoms with Crippen molar-refractivity contribution >= 4 is 0 Å². The smallest absolute Gasteiger partial charge is 0.347 e. The first-order valence-corrected chi connectivity index (χ1v) is 5.05. The Morgan fingerprint density at radius 2 is 2.00 bits per heavy atom. The zero-order valence-corrected chi connectivity index (χ0v) is 9.21. The average molecular weight is 226 g/mol. The number of nitrogens with zero attached hydrogens (tertiary/aromatic N) is 3. The lowest BCUT2D eigenvalue weighted by atomic mass is 9.90. The maximum Gasteiger partial charge on any atom is 0.347 e. The molecule has 1 aromatic rings. The fraction of sp³-hybridized carbons (Fsp3) is 0.667. The van der Waals surface area contributed by atoms with E-state index in [0.717, 1.165) is 9.25 Å². The number of rotatable bonds is 2. The van der Waals surface area contributed by atoms with E-state index in [-0.39, 0.29) is 18.0 Å². The largest absolute Gasteiger partial charge is 0.469 e. The number of aryl methyl sites for hydroxylation is 1. The molecule has 1 saturated carbocycles. The minimum absolute atomic E-state index is 0.0403. The quantitative estimate of drug-likeness (QED) is 0.652. The van der Waals surface area contributed by atoms with Gasteiger partial charge in [-0.2, -0.15) is 0 Å². The molecule has 7 nitrogen and oxygen atoms in total. The van der Waals surface area contributed by atoms with Gasteiger partial charge >= 0.3 is 11.2 Å². The van der Waals surface area contributed by atoms with Crippen molar-refractivity contribution in [1.29, 1.82) is 0 Å². The number of nitrogens with two attached hydrogens (primary N) is 1. The van der Waals surface area contributed by atoms with Crippen molar-refractivity contribution in [2.45, 2.75) is 25.0 Å². The monoisotopic (exact) mass is 226 g/mol. The standard InChI is InChI=1S/C9H14N4O3/c1-12-8(14)7(11-13(2)9(12)15)16-6-3-5(10)4-6/h5-6H,3-4,10H2,1-2H3. The van der Waals surface area contributed by atoms with Gasteiger partial charge in [-0.1, -0.05) is 0 Å². The molecule has 1 aliphatic carbocycles. The molecule has 2 rings (SSSR count). The molecule has 0 spiro atoms. The first-order valence-electron chi connectivity index (χ1n) is 5.05. The third-order valence-corrected chi connectivity index (χ3v) is 2.70. The lowest BCUT2D eigenvalue weighted by molar-refractivity contribution is 0.0904. The molecule has 0 aliphatic heterocycles. The molecule has 1 fully saturated rings. The van der Waals surface area contributed by atoms with Gasteiger partial charge in [0.15, 0.2) is 0 Å². The first kappa shape index (κ1) is 10.9. The van der Waals surface area contributed by atoms with Crippen LogP contribution in [0.15, 0.2) is 9.59 Å². The highest BCUT2D eigenvalue weighted by Gasteiger charge is 2.29. The highest BCUT2D eigenvalue weighted by Crippen LogP contribution is 2.21. The molecule has 7 heteroatoms. The van der Waals surface area contributed by atoms with Crippen LogP contribution < -0.4 is 21.7 Å². The molecule has 2 N–H and O–H groups in total. The van der Waals surface area contributed by atoms with Crippen LogP contribution in [-0.4, -0.2) is 26.5 Å². The maximum atomic E-state index is 11.6. The van der Waals surface area contributed by atoms with Crippen molar-refractivity contribution in [2.24, 2.45) is 19.8 Å². The van der Waals surface area contributed by atoms with Gasteiger partial charge in [0, 0.05) is 20.1 Å². The van der Waals surface area contributed by atoms with Gasteiger partial charge in [0.05, 0.1) is 0 Å². The molecule has 0 aromatic carbocycles. The molecular formula is C9H14N4O3. The summed E-state index contributed by atoms with van der Waals surface area (Å²) < 4.78 is 7.44. The minimum atomic E-state index is -0.511. The molecule has 16 heavy (non-hydrogen) atoms. The van der Waals surface area contributed by atoms with Crippen LogP contribution in [0.3, 0.4) is 0 Å². The fourth-order valence-electron chi connectivity index (χ4n) is 1.60. The Morgan fingerprint density at radius 3 is 2.56 bits per heavy atom. The Morgan fingerprint density at radius 1 is 1.38 bits per heavy atom. The number of hydrogen-bond donors (Lipinski definition) is 1. The van der Waals surface area contributed by atoms with E-state index >= 15 is 0 Å². The SMILES string of the molecule is Cn1nc(OC2CC(N)C2)c(=O)n(C)c1=O. The maximum absolute atomic E-state index is 11.6.